The maximum absolute atomic E-state index is 13.2. The number of pyridine rings is 1. The van der Waals surface area contributed by atoms with Gasteiger partial charge in [-0.25, -0.2) is 9.97 Å². The summed E-state index contributed by atoms with van der Waals surface area (Å²) < 4.78 is 5.50. The molecule has 5 aromatic rings. The van der Waals surface area contributed by atoms with Crippen molar-refractivity contribution >= 4 is 33.3 Å². The quantitative estimate of drug-likeness (QED) is 0.291. The predicted octanol–water partition coefficient (Wildman–Crippen LogP) is 7.38. The molecule has 0 fully saturated rings. The summed E-state index contributed by atoms with van der Waals surface area (Å²) in [6.45, 7) is 4.42. The van der Waals surface area contributed by atoms with Crippen LogP contribution in [0.3, 0.4) is 0 Å². The van der Waals surface area contributed by atoms with E-state index in [1.54, 1.807) is 18.4 Å². The zero-order valence-corrected chi connectivity index (χ0v) is 19.2. The van der Waals surface area contributed by atoms with Gasteiger partial charge >= 0.3 is 0 Å². The highest BCUT2D eigenvalue weighted by Gasteiger charge is 2.17. The summed E-state index contributed by atoms with van der Waals surface area (Å²) >= 11 is 1.41. The Morgan fingerprint density at radius 3 is 2.61 bits per heavy atom. The van der Waals surface area contributed by atoms with Gasteiger partial charge in [-0.3, -0.25) is 10.1 Å². The Kier molecular flexibility index (Phi) is 5.75. The SMILES string of the molecule is CCC(C)c1ccc(-c2csc(NC(=O)c3cc(-c4ccco4)nc4ccccc34)n2)cc1. The molecular formula is C27H23N3O2S. The lowest BCUT2D eigenvalue weighted by Gasteiger charge is -2.09. The third kappa shape index (κ3) is 4.30. The number of hydrogen-bond acceptors (Lipinski definition) is 5. The lowest BCUT2D eigenvalue weighted by molar-refractivity contribution is 0.102. The molecule has 0 aliphatic heterocycles. The monoisotopic (exact) mass is 453 g/mol. The molecule has 5 rings (SSSR count). The summed E-state index contributed by atoms with van der Waals surface area (Å²) in [7, 11) is 0. The van der Waals surface area contributed by atoms with E-state index in [2.05, 4.69) is 53.4 Å². The lowest BCUT2D eigenvalue weighted by atomic mass is 9.97. The molecule has 0 aliphatic rings. The molecule has 6 heteroatoms. The van der Waals surface area contributed by atoms with E-state index in [9.17, 15) is 4.79 Å². The number of benzene rings is 2. The molecular weight excluding hydrogens is 430 g/mol. The van der Waals surface area contributed by atoms with E-state index in [1.807, 2.05) is 35.7 Å². The number of fused-ring (bicyclic) bond motifs is 1. The highest BCUT2D eigenvalue weighted by atomic mass is 32.1. The molecule has 0 saturated carbocycles. The van der Waals surface area contributed by atoms with Crippen molar-refractivity contribution in [1.29, 1.82) is 0 Å². The number of amides is 1. The van der Waals surface area contributed by atoms with Gasteiger partial charge in [0.15, 0.2) is 10.9 Å². The van der Waals surface area contributed by atoms with Crippen molar-refractivity contribution in [2.45, 2.75) is 26.2 Å². The van der Waals surface area contributed by atoms with Crippen LogP contribution in [-0.4, -0.2) is 15.9 Å². The Morgan fingerprint density at radius 2 is 1.85 bits per heavy atom. The molecule has 33 heavy (non-hydrogen) atoms. The van der Waals surface area contributed by atoms with Crippen molar-refractivity contribution < 1.29 is 9.21 Å². The fraction of sp³-hybridized carbons (Fsp3) is 0.148. The van der Waals surface area contributed by atoms with E-state index < -0.39 is 0 Å². The molecule has 2 aromatic carbocycles. The molecule has 0 bridgehead atoms. The van der Waals surface area contributed by atoms with Gasteiger partial charge in [-0.1, -0.05) is 56.3 Å². The first-order valence-electron chi connectivity index (χ1n) is 10.9. The van der Waals surface area contributed by atoms with E-state index in [1.165, 1.54) is 16.9 Å². The first-order valence-corrected chi connectivity index (χ1v) is 11.8. The summed E-state index contributed by atoms with van der Waals surface area (Å²) in [6, 6.07) is 21.5. The number of para-hydroxylation sites is 1. The van der Waals surface area contributed by atoms with Crippen molar-refractivity contribution in [2.24, 2.45) is 0 Å². The first kappa shape index (κ1) is 21.1. The Balaban J connectivity index is 1.42. The van der Waals surface area contributed by atoms with Crippen LogP contribution < -0.4 is 5.32 Å². The number of anilines is 1. The number of aromatic nitrogens is 2. The summed E-state index contributed by atoms with van der Waals surface area (Å²) in [4.78, 5) is 22.5. The minimum atomic E-state index is -0.227. The molecule has 1 unspecified atom stereocenters. The smallest absolute Gasteiger partial charge is 0.258 e. The second-order valence-electron chi connectivity index (χ2n) is 7.97. The number of nitrogens with zero attached hydrogens (tertiary/aromatic N) is 2. The van der Waals surface area contributed by atoms with Crippen LogP contribution in [0.1, 0.15) is 42.1 Å². The molecule has 5 nitrogen and oxygen atoms in total. The average molecular weight is 454 g/mol. The van der Waals surface area contributed by atoms with Crippen LogP contribution in [0.4, 0.5) is 5.13 Å². The van der Waals surface area contributed by atoms with Crippen molar-refractivity contribution in [3.05, 3.63) is 89.5 Å². The number of carbonyl (C=O) groups is 1. The van der Waals surface area contributed by atoms with Crippen LogP contribution in [0.2, 0.25) is 0 Å². The van der Waals surface area contributed by atoms with Gasteiger partial charge in [0, 0.05) is 16.3 Å². The fourth-order valence-electron chi connectivity index (χ4n) is 3.76. The van der Waals surface area contributed by atoms with E-state index in [0.717, 1.165) is 28.6 Å². The highest BCUT2D eigenvalue weighted by Crippen LogP contribution is 2.29. The number of furan rings is 1. The molecule has 3 aromatic heterocycles. The van der Waals surface area contributed by atoms with Crippen molar-refractivity contribution in [2.75, 3.05) is 5.32 Å². The van der Waals surface area contributed by atoms with Gasteiger partial charge in [0.25, 0.3) is 5.91 Å². The first-order chi connectivity index (χ1) is 16.1. The van der Waals surface area contributed by atoms with Gasteiger partial charge in [0.05, 0.1) is 23.0 Å². The number of nitrogens with one attached hydrogen (secondary N) is 1. The topological polar surface area (TPSA) is 68.0 Å². The van der Waals surface area contributed by atoms with Crippen LogP contribution in [0, 0.1) is 0 Å². The Labute approximate surface area is 196 Å². The maximum Gasteiger partial charge on any atom is 0.258 e. The van der Waals surface area contributed by atoms with Crippen LogP contribution in [0.15, 0.2) is 82.8 Å². The standard InChI is InChI=1S/C27H23N3O2S/c1-3-17(2)18-10-12-19(13-11-18)24-16-33-27(29-24)30-26(31)21-15-23(25-9-6-14-32-25)28-22-8-5-4-7-20(21)22/h4-17H,3H2,1-2H3,(H,29,30,31). The van der Waals surface area contributed by atoms with Crippen molar-refractivity contribution in [3.8, 4) is 22.7 Å². The largest absolute Gasteiger partial charge is 0.463 e. The van der Waals surface area contributed by atoms with E-state index in [4.69, 9.17) is 4.42 Å². The summed E-state index contributed by atoms with van der Waals surface area (Å²) in [5.41, 5.74) is 5.08. The normalized spacial score (nSPS) is 12.1. The number of rotatable bonds is 6. The average Bonchev–Trinajstić information content (AvgIpc) is 3.56. The third-order valence-corrected chi connectivity index (χ3v) is 6.60. The molecule has 0 radical (unpaired) electrons. The Morgan fingerprint density at radius 1 is 1.03 bits per heavy atom. The summed E-state index contributed by atoms with van der Waals surface area (Å²) in [5, 5.41) is 6.26. The van der Waals surface area contributed by atoms with E-state index >= 15 is 0 Å². The Hall–Kier alpha value is -3.77. The number of carbonyl (C=O) groups excluding carboxylic acids is 1. The van der Waals surface area contributed by atoms with Gasteiger partial charge in [-0.05, 0) is 42.2 Å². The van der Waals surface area contributed by atoms with Gasteiger partial charge in [-0.15, -0.1) is 11.3 Å². The van der Waals surface area contributed by atoms with Gasteiger partial charge < -0.3 is 4.42 Å². The van der Waals surface area contributed by atoms with Crippen molar-refractivity contribution in [1.82, 2.24) is 9.97 Å². The number of hydrogen-bond donors (Lipinski definition) is 1. The van der Waals surface area contributed by atoms with Crippen LogP contribution in [-0.2, 0) is 0 Å². The zero-order chi connectivity index (χ0) is 22.8. The Bertz CT molecular complexity index is 1410. The third-order valence-electron chi connectivity index (χ3n) is 5.85. The van der Waals surface area contributed by atoms with E-state index in [0.29, 0.717) is 28.1 Å². The molecule has 1 amide bonds. The minimum absolute atomic E-state index is 0.227. The van der Waals surface area contributed by atoms with Crippen LogP contribution >= 0.6 is 11.3 Å². The predicted molar refractivity (Wildman–Crippen MR) is 134 cm³/mol. The molecule has 0 spiro atoms. The molecule has 1 atom stereocenters. The maximum atomic E-state index is 13.2. The highest BCUT2D eigenvalue weighted by molar-refractivity contribution is 7.14. The molecule has 0 aliphatic carbocycles. The van der Waals surface area contributed by atoms with Crippen molar-refractivity contribution in [3.63, 3.8) is 0 Å². The summed E-state index contributed by atoms with van der Waals surface area (Å²) in [5.74, 6) is 0.923. The fourth-order valence-corrected chi connectivity index (χ4v) is 4.47. The van der Waals surface area contributed by atoms with Crippen LogP contribution in [0.5, 0.6) is 0 Å². The minimum Gasteiger partial charge on any atom is -0.463 e. The second-order valence-corrected chi connectivity index (χ2v) is 8.83. The molecule has 1 N–H and O–H groups in total. The molecule has 0 saturated heterocycles. The van der Waals surface area contributed by atoms with Gasteiger partial charge in [0.2, 0.25) is 0 Å². The second kappa shape index (κ2) is 9.00. The van der Waals surface area contributed by atoms with E-state index in [-0.39, 0.29) is 5.91 Å². The van der Waals surface area contributed by atoms with Gasteiger partial charge in [-0.2, -0.15) is 0 Å². The van der Waals surface area contributed by atoms with Gasteiger partial charge in [0.1, 0.15) is 5.69 Å². The van der Waals surface area contributed by atoms with Crippen LogP contribution in [0.25, 0.3) is 33.6 Å². The molecule has 3 heterocycles. The molecule has 164 valence electrons. The summed E-state index contributed by atoms with van der Waals surface area (Å²) in [6.07, 6.45) is 2.70. The number of thiazole rings is 1. The lowest BCUT2D eigenvalue weighted by Crippen LogP contribution is -2.13. The zero-order valence-electron chi connectivity index (χ0n) is 18.4.